The Kier molecular flexibility index (Phi) is 5.81. The highest BCUT2D eigenvalue weighted by Gasteiger charge is 2.21. The summed E-state index contributed by atoms with van der Waals surface area (Å²) in [5.41, 5.74) is 3.21. The smallest absolute Gasteiger partial charge is 0.251 e. The van der Waals surface area contributed by atoms with Crippen LogP contribution in [0.3, 0.4) is 0 Å². The van der Waals surface area contributed by atoms with Gasteiger partial charge in [0.1, 0.15) is 11.6 Å². The Bertz CT molecular complexity index is 1190. The van der Waals surface area contributed by atoms with Gasteiger partial charge < -0.3 is 9.88 Å². The van der Waals surface area contributed by atoms with Crippen LogP contribution in [0.4, 0.5) is 4.39 Å². The molecule has 0 saturated carbocycles. The second kappa shape index (κ2) is 8.67. The van der Waals surface area contributed by atoms with E-state index in [1.165, 1.54) is 18.2 Å². The summed E-state index contributed by atoms with van der Waals surface area (Å²) in [6.07, 6.45) is 0.644. The largest absolute Gasteiger partial charge is 0.342 e. The van der Waals surface area contributed by atoms with Gasteiger partial charge in [0.15, 0.2) is 0 Å². The number of fused-ring (bicyclic) bond motifs is 1. The SMILES string of the molecule is CCC(NC(=O)c1cccc(F)c1)c1nc2ccccc2n1Cc1ccc(Cl)cc1. The monoisotopic (exact) mass is 421 g/mol. The molecule has 0 fully saturated rings. The standard InChI is InChI=1S/C24H21ClFN3O/c1-2-20(28-24(30)17-6-5-7-19(26)14-17)23-27-21-8-3-4-9-22(21)29(23)15-16-10-12-18(25)13-11-16/h3-14,20H,2,15H2,1H3,(H,28,30). The maximum atomic E-state index is 13.5. The molecule has 0 saturated heterocycles. The molecule has 0 spiro atoms. The van der Waals surface area contributed by atoms with Crippen molar-refractivity contribution in [2.75, 3.05) is 0 Å². The van der Waals surface area contributed by atoms with Gasteiger partial charge in [-0.1, -0.05) is 48.9 Å². The summed E-state index contributed by atoms with van der Waals surface area (Å²) in [7, 11) is 0. The first-order valence-electron chi connectivity index (χ1n) is 9.81. The van der Waals surface area contributed by atoms with Gasteiger partial charge in [0.25, 0.3) is 5.91 Å². The molecule has 3 aromatic carbocycles. The summed E-state index contributed by atoms with van der Waals surface area (Å²) in [6.45, 7) is 2.59. The number of nitrogens with zero attached hydrogens (tertiary/aromatic N) is 2. The van der Waals surface area contributed by atoms with E-state index in [0.29, 0.717) is 18.0 Å². The minimum absolute atomic E-state index is 0.286. The summed E-state index contributed by atoms with van der Waals surface area (Å²) in [4.78, 5) is 17.5. The first kappa shape index (κ1) is 20.1. The third kappa shape index (κ3) is 4.21. The summed E-state index contributed by atoms with van der Waals surface area (Å²) in [5, 5.41) is 3.70. The predicted octanol–water partition coefficient (Wildman–Crippen LogP) is 5.76. The highest BCUT2D eigenvalue weighted by molar-refractivity contribution is 6.30. The molecule has 1 amide bonds. The highest BCUT2D eigenvalue weighted by Crippen LogP contribution is 2.25. The minimum Gasteiger partial charge on any atom is -0.342 e. The van der Waals surface area contributed by atoms with Gasteiger partial charge in [-0.15, -0.1) is 0 Å². The van der Waals surface area contributed by atoms with Crippen molar-refractivity contribution in [1.82, 2.24) is 14.9 Å². The van der Waals surface area contributed by atoms with Crippen LogP contribution in [0.2, 0.25) is 5.02 Å². The molecule has 0 radical (unpaired) electrons. The number of rotatable bonds is 6. The van der Waals surface area contributed by atoms with Crippen molar-refractivity contribution in [3.05, 3.63) is 101 Å². The molecule has 152 valence electrons. The predicted molar refractivity (Wildman–Crippen MR) is 117 cm³/mol. The average Bonchev–Trinajstić information content (AvgIpc) is 3.11. The normalized spacial score (nSPS) is 12.1. The quantitative estimate of drug-likeness (QED) is 0.430. The number of hydrogen-bond donors (Lipinski definition) is 1. The zero-order valence-corrected chi connectivity index (χ0v) is 17.2. The van der Waals surface area contributed by atoms with Gasteiger partial charge in [0, 0.05) is 17.1 Å². The number of nitrogens with one attached hydrogen (secondary N) is 1. The summed E-state index contributed by atoms with van der Waals surface area (Å²) in [5.74, 6) is -0.00414. The van der Waals surface area contributed by atoms with E-state index in [-0.39, 0.29) is 17.5 Å². The zero-order valence-electron chi connectivity index (χ0n) is 16.5. The van der Waals surface area contributed by atoms with Crippen molar-refractivity contribution in [3.63, 3.8) is 0 Å². The molecule has 1 heterocycles. The lowest BCUT2D eigenvalue weighted by Gasteiger charge is -2.19. The maximum Gasteiger partial charge on any atom is 0.251 e. The van der Waals surface area contributed by atoms with E-state index in [4.69, 9.17) is 16.6 Å². The second-order valence-electron chi connectivity index (χ2n) is 7.12. The second-order valence-corrected chi connectivity index (χ2v) is 7.55. The van der Waals surface area contributed by atoms with Crippen molar-refractivity contribution < 1.29 is 9.18 Å². The molecular weight excluding hydrogens is 401 g/mol. The molecule has 30 heavy (non-hydrogen) atoms. The number of para-hydroxylation sites is 2. The van der Waals surface area contributed by atoms with E-state index in [1.54, 1.807) is 6.07 Å². The topological polar surface area (TPSA) is 46.9 Å². The molecule has 0 aliphatic heterocycles. The number of carbonyl (C=O) groups is 1. The Morgan fingerprint density at radius 3 is 2.60 bits per heavy atom. The Balaban J connectivity index is 1.70. The van der Waals surface area contributed by atoms with E-state index in [9.17, 15) is 9.18 Å². The molecule has 4 aromatic rings. The zero-order chi connectivity index (χ0) is 21.1. The van der Waals surface area contributed by atoms with E-state index in [2.05, 4.69) is 9.88 Å². The average molecular weight is 422 g/mol. The van der Waals surface area contributed by atoms with Gasteiger partial charge >= 0.3 is 0 Å². The number of benzene rings is 3. The molecule has 0 aliphatic rings. The fourth-order valence-electron chi connectivity index (χ4n) is 3.52. The lowest BCUT2D eigenvalue weighted by atomic mass is 10.1. The number of imidazole rings is 1. The van der Waals surface area contributed by atoms with Gasteiger partial charge in [-0.25, -0.2) is 9.37 Å². The molecule has 1 N–H and O–H groups in total. The molecule has 0 aliphatic carbocycles. The maximum absolute atomic E-state index is 13.5. The van der Waals surface area contributed by atoms with Crippen molar-refractivity contribution in [3.8, 4) is 0 Å². The number of aromatic nitrogens is 2. The minimum atomic E-state index is -0.439. The van der Waals surface area contributed by atoms with E-state index in [0.717, 1.165) is 22.4 Å². The molecule has 4 nitrogen and oxygen atoms in total. The summed E-state index contributed by atoms with van der Waals surface area (Å²) < 4.78 is 15.6. The van der Waals surface area contributed by atoms with Crippen LogP contribution in [0.25, 0.3) is 11.0 Å². The van der Waals surface area contributed by atoms with Crippen LogP contribution >= 0.6 is 11.6 Å². The van der Waals surface area contributed by atoms with E-state index >= 15 is 0 Å². The van der Waals surface area contributed by atoms with Crippen molar-refractivity contribution in [1.29, 1.82) is 0 Å². The summed E-state index contributed by atoms with van der Waals surface area (Å²) >= 11 is 6.03. The third-order valence-electron chi connectivity index (χ3n) is 5.05. The van der Waals surface area contributed by atoms with Crippen LogP contribution in [-0.2, 0) is 6.54 Å². The van der Waals surface area contributed by atoms with Crippen molar-refractivity contribution >= 4 is 28.5 Å². The highest BCUT2D eigenvalue weighted by atomic mass is 35.5. The molecule has 1 aromatic heterocycles. The number of amides is 1. The van der Waals surface area contributed by atoms with Gasteiger partial charge in [0.2, 0.25) is 0 Å². The van der Waals surface area contributed by atoms with E-state index < -0.39 is 5.82 Å². The molecule has 6 heteroatoms. The molecule has 4 rings (SSSR count). The first-order valence-corrected chi connectivity index (χ1v) is 10.2. The van der Waals surface area contributed by atoms with Gasteiger partial charge in [-0.2, -0.15) is 0 Å². The third-order valence-corrected chi connectivity index (χ3v) is 5.30. The summed E-state index contributed by atoms with van der Waals surface area (Å²) in [6, 6.07) is 20.9. The van der Waals surface area contributed by atoms with Gasteiger partial charge in [-0.05, 0) is 54.4 Å². The Morgan fingerprint density at radius 2 is 1.87 bits per heavy atom. The molecule has 1 atom stereocenters. The van der Waals surface area contributed by atoms with E-state index in [1.807, 2.05) is 55.5 Å². The van der Waals surface area contributed by atoms with Crippen LogP contribution in [-0.4, -0.2) is 15.5 Å². The van der Waals surface area contributed by atoms with Gasteiger partial charge in [0.05, 0.1) is 17.1 Å². The number of hydrogen-bond acceptors (Lipinski definition) is 2. The van der Waals surface area contributed by atoms with Crippen LogP contribution in [0.15, 0.2) is 72.8 Å². The van der Waals surface area contributed by atoms with Gasteiger partial charge in [-0.3, -0.25) is 4.79 Å². The fraction of sp³-hybridized carbons (Fsp3) is 0.167. The lowest BCUT2D eigenvalue weighted by Crippen LogP contribution is -2.30. The molecule has 0 bridgehead atoms. The van der Waals surface area contributed by atoms with Crippen LogP contribution < -0.4 is 5.32 Å². The fourth-order valence-corrected chi connectivity index (χ4v) is 3.65. The Hall–Kier alpha value is -3.18. The first-order chi connectivity index (χ1) is 14.5. The van der Waals surface area contributed by atoms with Crippen LogP contribution in [0.5, 0.6) is 0 Å². The Labute approximate surface area is 179 Å². The van der Waals surface area contributed by atoms with Crippen molar-refractivity contribution in [2.24, 2.45) is 0 Å². The van der Waals surface area contributed by atoms with Crippen LogP contribution in [0.1, 0.15) is 41.1 Å². The molecule has 1 unspecified atom stereocenters. The van der Waals surface area contributed by atoms with Crippen molar-refractivity contribution in [2.45, 2.75) is 25.9 Å². The number of halogens is 2. The number of carbonyl (C=O) groups excluding carboxylic acids is 1. The van der Waals surface area contributed by atoms with Crippen LogP contribution in [0, 0.1) is 5.82 Å². The Morgan fingerprint density at radius 1 is 1.10 bits per heavy atom. The molecular formula is C24H21ClFN3O. The lowest BCUT2D eigenvalue weighted by molar-refractivity contribution is 0.0932.